The molecule has 2 aliphatic rings. The van der Waals surface area contributed by atoms with Crippen molar-refractivity contribution in [2.75, 3.05) is 4.90 Å². The summed E-state index contributed by atoms with van der Waals surface area (Å²) in [7, 11) is -3.76. The van der Waals surface area contributed by atoms with E-state index in [1.807, 2.05) is 66.4 Å². The first-order valence-electron chi connectivity index (χ1n) is 14.0. The normalized spacial score (nSPS) is 19.8. The SMILES string of the molecule is Cc1cccc(CN(C(=O)[C@@H]2C[C@@H]2c2ccccc2)c2ccc3c(c2)[C@@H](NS(=O)(=O)c2ccc(Cl)cc2)CCC3)n1. The topological polar surface area (TPSA) is 79.4 Å². The Hall–Kier alpha value is -3.52. The van der Waals surface area contributed by atoms with Crippen molar-refractivity contribution < 1.29 is 13.2 Å². The van der Waals surface area contributed by atoms with Crippen molar-refractivity contribution in [3.63, 3.8) is 0 Å². The van der Waals surface area contributed by atoms with Gasteiger partial charge in [0.1, 0.15) is 0 Å². The van der Waals surface area contributed by atoms with Gasteiger partial charge in [0.15, 0.2) is 0 Å². The number of benzene rings is 3. The summed E-state index contributed by atoms with van der Waals surface area (Å²) >= 11 is 5.98. The highest BCUT2D eigenvalue weighted by Crippen LogP contribution is 2.49. The van der Waals surface area contributed by atoms with Crippen molar-refractivity contribution in [1.82, 2.24) is 9.71 Å². The van der Waals surface area contributed by atoms with Crippen LogP contribution < -0.4 is 9.62 Å². The molecular formula is C33H32ClN3O3S. The average molecular weight is 586 g/mol. The Morgan fingerprint density at radius 1 is 1.00 bits per heavy atom. The number of carbonyl (C=O) groups is 1. The Morgan fingerprint density at radius 3 is 2.54 bits per heavy atom. The number of hydrogen-bond acceptors (Lipinski definition) is 4. The molecule has 3 aromatic carbocycles. The number of amides is 1. The van der Waals surface area contributed by atoms with E-state index in [0.29, 0.717) is 18.0 Å². The molecule has 0 aliphatic heterocycles. The number of anilines is 1. The Bertz CT molecular complexity index is 1680. The Morgan fingerprint density at radius 2 is 1.78 bits per heavy atom. The van der Waals surface area contributed by atoms with E-state index in [-0.39, 0.29) is 22.6 Å². The summed E-state index contributed by atoms with van der Waals surface area (Å²) in [5.41, 5.74) is 5.66. The molecule has 6 rings (SSSR count). The van der Waals surface area contributed by atoms with Gasteiger partial charge in [-0.1, -0.05) is 54.1 Å². The van der Waals surface area contributed by atoms with Gasteiger partial charge in [0.2, 0.25) is 15.9 Å². The molecule has 1 saturated carbocycles. The van der Waals surface area contributed by atoms with Crippen LogP contribution in [0, 0.1) is 12.8 Å². The minimum absolute atomic E-state index is 0.0659. The number of pyridine rings is 1. The molecule has 1 fully saturated rings. The number of aromatic nitrogens is 1. The lowest BCUT2D eigenvalue weighted by molar-refractivity contribution is -0.120. The molecule has 1 aromatic heterocycles. The average Bonchev–Trinajstić information content (AvgIpc) is 3.78. The van der Waals surface area contributed by atoms with Crippen molar-refractivity contribution >= 4 is 33.2 Å². The van der Waals surface area contributed by atoms with Crippen LogP contribution in [0.5, 0.6) is 0 Å². The molecular weight excluding hydrogens is 554 g/mol. The maximum absolute atomic E-state index is 14.0. The van der Waals surface area contributed by atoms with Crippen LogP contribution in [0.2, 0.25) is 5.02 Å². The minimum Gasteiger partial charge on any atom is -0.306 e. The van der Waals surface area contributed by atoms with E-state index < -0.39 is 16.1 Å². The molecule has 0 saturated heterocycles. The number of aryl methyl sites for hydroxylation is 2. The highest BCUT2D eigenvalue weighted by Gasteiger charge is 2.46. The molecule has 210 valence electrons. The summed E-state index contributed by atoms with van der Waals surface area (Å²) in [5.74, 6) is 0.168. The van der Waals surface area contributed by atoms with E-state index in [1.165, 1.54) is 17.7 Å². The number of halogens is 1. The van der Waals surface area contributed by atoms with Gasteiger partial charge < -0.3 is 4.90 Å². The fourth-order valence-corrected chi connectivity index (χ4v) is 7.20. The maximum atomic E-state index is 14.0. The zero-order valence-corrected chi connectivity index (χ0v) is 24.4. The van der Waals surface area contributed by atoms with Crippen LogP contribution in [-0.4, -0.2) is 19.3 Å². The zero-order valence-electron chi connectivity index (χ0n) is 22.8. The third-order valence-electron chi connectivity index (χ3n) is 8.04. The van der Waals surface area contributed by atoms with Gasteiger partial charge in [-0.25, -0.2) is 13.1 Å². The van der Waals surface area contributed by atoms with Gasteiger partial charge in [-0.3, -0.25) is 9.78 Å². The molecule has 1 N–H and O–H groups in total. The van der Waals surface area contributed by atoms with Gasteiger partial charge >= 0.3 is 0 Å². The molecule has 1 amide bonds. The number of hydrogen-bond donors (Lipinski definition) is 1. The monoisotopic (exact) mass is 585 g/mol. The quantitative estimate of drug-likeness (QED) is 0.248. The lowest BCUT2D eigenvalue weighted by atomic mass is 9.87. The van der Waals surface area contributed by atoms with Crippen molar-refractivity contribution in [3.8, 4) is 0 Å². The molecule has 0 unspecified atom stereocenters. The summed E-state index contributed by atoms with van der Waals surface area (Å²) in [5, 5.41) is 0.481. The number of fused-ring (bicyclic) bond motifs is 1. The van der Waals surface area contributed by atoms with Crippen LogP contribution in [0.3, 0.4) is 0 Å². The van der Waals surface area contributed by atoms with Crippen molar-refractivity contribution in [2.24, 2.45) is 5.92 Å². The maximum Gasteiger partial charge on any atom is 0.241 e. The largest absolute Gasteiger partial charge is 0.306 e. The zero-order chi connectivity index (χ0) is 28.6. The Labute approximate surface area is 246 Å². The number of nitrogens with one attached hydrogen (secondary N) is 1. The van der Waals surface area contributed by atoms with Gasteiger partial charge in [-0.2, -0.15) is 0 Å². The molecule has 1 heterocycles. The van der Waals surface area contributed by atoms with E-state index in [2.05, 4.69) is 21.8 Å². The second-order valence-electron chi connectivity index (χ2n) is 11.0. The molecule has 3 atom stereocenters. The molecule has 0 spiro atoms. The fourth-order valence-electron chi connectivity index (χ4n) is 5.83. The number of sulfonamides is 1. The van der Waals surface area contributed by atoms with Crippen LogP contribution in [-0.2, 0) is 27.8 Å². The lowest BCUT2D eigenvalue weighted by Crippen LogP contribution is -2.34. The number of rotatable bonds is 8. The molecule has 8 heteroatoms. The molecule has 0 bridgehead atoms. The van der Waals surface area contributed by atoms with E-state index in [9.17, 15) is 13.2 Å². The smallest absolute Gasteiger partial charge is 0.241 e. The minimum atomic E-state index is -3.76. The third-order valence-corrected chi connectivity index (χ3v) is 9.78. The molecule has 6 nitrogen and oxygen atoms in total. The highest BCUT2D eigenvalue weighted by atomic mass is 35.5. The van der Waals surface area contributed by atoms with E-state index in [0.717, 1.165) is 47.5 Å². The van der Waals surface area contributed by atoms with Gasteiger partial charge in [0, 0.05) is 28.4 Å². The standard InChI is InChI=1S/C33H32ClN3O3S/c1-22-7-5-11-26(35-22)21-37(33(38)31-20-29(31)23-8-3-2-4-9-23)27-16-13-24-10-6-12-32(30(24)19-27)36-41(39,40)28-17-14-25(34)15-18-28/h2-5,7-9,11,13-19,29,31-32,36H,6,10,12,20-21H2,1H3/t29-,31-,32+/m1/s1. The van der Waals surface area contributed by atoms with Crippen molar-refractivity contribution in [3.05, 3.63) is 124 Å². The van der Waals surface area contributed by atoms with Crippen molar-refractivity contribution in [2.45, 2.75) is 56.0 Å². The predicted molar refractivity (Wildman–Crippen MR) is 161 cm³/mol. The highest BCUT2D eigenvalue weighted by molar-refractivity contribution is 7.89. The lowest BCUT2D eigenvalue weighted by Gasteiger charge is -2.29. The summed E-state index contributed by atoms with van der Waals surface area (Å²) in [6.07, 6.45) is 3.22. The molecule has 2 aliphatic carbocycles. The number of carbonyl (C=O) groups excluding carboxylic acids is 1. The molecule has 4 aromatic rings. The third kappa shape index (κ3) is 6.08. The van der Waals surface area contributed by atoms with Crippen LogP contribution in [0.25, 0.3) is 0 Å². The summed E-state index contributed by atoms with van der Waals surface area (Å²) in [6, 6.07) is 27.8. The summed E-state index contributed by atoms with van der Waals surface area (Å²) in [4.78, 5) is 20.7. The first kappa shape index (κ1) is 27.6. The van der Waals surface area contributed by atoms with Crippen LogP contribution >= 0.6 is 11.6 Å². The van der Waals surface area contributed by atoms with Gasteiger partial charge in [-0.15, -0.1) is 0 Å². The number of nitrogens with zero attached hydrogens (tertiary/aromatic N) is 2. The van der Waals surface area contributed by atoms with Crippen LogP contribution in [0.1, 0.15) is 59.3 Å². The van der Waals surface area contributed by atoms with Crippen molar-refractivity contribution in [1.29, 1.82) is 0 Å². The van der Waals surface area contributed by atoms with E-state index in [4.69, 9.17) is 11.6 Å². The second-order valence-corrected chi connectivity index (χ2v) is 13.1. The van der Waals surface area contributed by atoms with E-state index in [1.54, 1.807) is 12.1 Å². The van der Waals surface area contributed by atoms with Crippen LogP contribution in [0.15, 0.2) is 95.9 Å². The summed E-state index contributed by atoms with van der Waals surface area (Å²) in [6.45, 7) is 2.29. The second kappa shape index (κ2) is 11.4. The Balaban J connectivity index is 1.32. The van der Waals surface area contributed by atoms with Gasteiger partial charge in [-0.05, 0) is 104 Å². The first-order chi connectivity index (χ1) is 19.8. The first-order valence-corrected chi connectivity index (χ1v) is 15.8. The van der Waals surface area contributed by atoms with E-state index >= 15 is 0 Å². The van der Waals surface area contributed by atoms with Crippen LogP contribution in [0.4, 0.5) is 5.69 Å². The summed E-state index contributed by atoms with van der Waals surface area (Å²) < 4.78 is 29.4. The fraction of sp³-hybridized carbons (Fsp3) is 0.273. The molecule has 0 radical (unpaired) electrons. The Kier molecular flexibility index (Phi) is 7.68. The molecule has 41 heavy (non-hydrogen) atoms. The van der Waals surface area contributed by atoms with Gasteiger partial charge in [0.25, 0.3) is 0 Å². The van der Waals surface area contributed by atoms with Gasteiger partial charge in [0.05, 0.1) is 17.1 Å². The predicted octanol–water partition coefficient (Wildman–Crippen LogP) is 6.74.